The van der Waals surface area contributed by atoms with Gasteiger partial charge >= 0.3 is 0 Å². The Morgan fingerprint density at radius 1 is 1.50 bits per heavy atom. The van der Waals surface area contributed by atoms with Crippen LogP contribution >= 0.6 is 11.8 Å². The molecule has 0 saturated carbocycles. The van der Waals surface area contributed by atoms with Crippen LogP contribution < -0.4 is 0 Å². The van der Waals surface area contributed by atoms with Crippen LogP contribution in [-0.2, 0) is 6.42 Å². The van der Waals surface area contributed by atoms with Gasteiger partial charge in [-0.05, 0) is 35.9 Å². The van der Waals surface area contributed by atoms with Crippen LogP contribution in [0.4, 0.5) is 0 Å². The van der Waals surface area contributed by atoms with Gasteiger partial charge in [-0.15, -0.1) is 11.8 Å². The minimum atomic E-state index is 1.05. The maximum atomic E-state index is 3.68. The molecule has 1 rings (SSSR count). The largest absolute Gasteiger partial charge is 0.129 e. The van der Waals surface area contributed by atoms with Crippen molar-refractivity contribution in [2.45, 2.75) is 18.2 Å². The Kier molecular flexibility index (Phi) is 3.42. The summed E-state index contributed by atoms with van der Waals surface area (Å²) >= 11 is 1.78. The van der Waals surface area contributed by atoms with E-state index in [1.165, 1.54) is 10.5 Å². The predicted octanol–water partition coefficient (Wildman–Crippen LogP) is 3.31. The van der Waals surface area contributed by atoms with Crippen molar-refractivity contribution in [3.63, 3.8) is 0 Å². The van der Waals surface area contributed by atoms with E-state index in [9.17, 15) is 0 Å². The van der Waals surface area contributed by atoms with Gasteiger partial charge in [0.15, 0.2) is 0 Å². The molecule has 0 unspecified atom stereocenters. The zero-order chi connectivity index (χ0) is 8.97. The van der Waals surface area contributed by atoms with Gasteiger partial charge in [-0.1, -0.05) is 25.6 Å². The fraction of sp³-hybridized carbons (Fsp3) is 0.273. The molecule has 1 aromatic rings. The van der Waals surface area contributed by atoms with Crippen LogP contribution in [-0.4, -0.2) is 6.26 Å². The quantitative estimate of drug-likeness (QED) is 0.638. The summed E-state index contributed by atoms with van der Waals surface area (Å²) in [5.41, 5.74) is 2.50. The van der Waals surface area contributed by atoms with Crippen LogP contribution in [0.1, 0.15) is 18.1 Å². The first kappa shape index (κ1) is 9.40. The van der Waals surface area contributed by atoms with E-state index < -0.39 is 0 Å². The van der Waals surface area contributed by atoms with Gasteiger partial charge in [0, 0.05) is 4.90 Å². The SMILES string of the molecule is C=[C]c1cccc(SC)c1CC. The first-order valence-corrected chi connectivity index (χ1v) is 5.25. The Morgan fingerprint density at radius 3 is 2.75 bits per heavy atom. The lowest BCUT2D eigenvalue weighted by molar-refractivity contribution is 1.07. The smallest absolute Gasteiger partial charge is 0.0107 e. The lowest BCUT2D eigenvalue weighted by atomic mass is 10.1. The van der Waals surface area contributed by atoms with Crippen molar-refractivity contribution >= 4 is 11.8 Å². The number of benzene rings is 1. The molecule has 0 nitrogen and oxygen atoms in total. The number of rotatable bonds is 3. The average molecular weight is 177 g/mol. The molecular formula is C11H13S. The molecule has 0 bridgehead atoms. The molecule has 0 N–H and O–H groups in total. The van der Waals surface area contributed by atoms with Gasteiger partial charge < -0.3 is 0 Å². The molecule has 0 atom stereocenters. The molecule has 0 heterocycles. The zero-order valence-corrected chi connectivity index (χ0v) is 8.37. The third kappa shape index (κ3) is 1.72. The Labute approximate surface area is 78.7 Å². The lowest BCUT2D eigenvalue weighted by Gasteiger charge is -2.07. The highest BCUT2D eigenvalue weighted by Gasteiger charge is 2.02. The summed E-state index contributed by atoms with van der Waals surface area (Å²) < 4.78 is 0. The van der Waals surface area contributed by atoms with Crippen LogP contribution in [0.15, 0.2) is 29.7 Å². The predicted molar refractivity (Wildman–Crippen MR) is 55.6 cm³/mol. The number of hydrogen-bond acceptors (Lipinski definition) is 1. The molecule has 1 heteroatoms. The molecule has 0 aromatic heterocycles. The van der Waals surface area contributed by atoms with E-state index in [0.29, 0.717) is 0 Å². The molecule has 0 amide bonds. The summed E-state index contributed by atoms with van der Waals surface area (Å²) in [7, 11) is 0. The molecule has 1 aromatic carbocycles. The summed E-state index contributed by atoms with van der Waals surface area (Å²) in [6.45, 7) is 5.84. The Hall–Kier alpha value is -0.690. The van der Waals surface area contributed by atoms with E-state index in [1.807, 2.05) is 0 Å². The molecular weight excluding hydrogens is 164 g/mol. The van der Waals surface area contributed by atoms with Crippen molar-refractivity contribution in [2.24, 2.45) is 0 Å². The molecule has 0 aliphatic rings. The van der Waals surface area contributed by atoms with E-state index in [0.717, 1.165) is 12.0 Å². The normalized spacial score (nSPS) is 9.83. The summed E-state index contributed by atoms with van der Waals surface area (Å²) in [6, 6.07) is 6.26. The van der Waals surface area contributed by atoms with Gasteiger partial charge in [0.1, 0.15) is 0 Å². The van der Waals surface area contributed by atoms with Crippen LogP contribution in [0.3, 0.4) is 0 Å². The zero-order valence-electron chi connectivity index (χ0n) is 7.55. The second-order valence-electron chi connectivity index (χ2n) is 2.52. The van der Waals surface area contributed by atoms with Gasteiger partial charge in [0.2, 0.25) is 0 Å². The second-order valence-corrected chi connectivity index (χ2v) is 3.36. The summed E-state index contributed by atoms with van der Waals surface area (Å²) in [4.78, 5) is 1.34. The topological polar surface area (TPSA) is 0 Å². The third-order valence-electron chi connectivity index (χ3n) is 1.90. The molecule has 1 radical (unpaired) electrons. The van der Waals surface area contributed by atoms with Crippen molar-refractivity contribution < 1.29 is 0 Å². The van der Waals surface area contributed by atoms with Crippen LogP contribution in [0.2, 0.25) is 0 Å². The van der Waals surface area contributed by atoms with Crippen LogP contribution in [0, 0.1) is 6.08 Å². The fourth-order valence-electron chi connectivity index (χ4n) is 1.29. The summed E-state index contributed by atoms with van der Waals surface area (Å²) in [5.74, 6) is 0. The van der Waals surface area contributed by atoms with Crippen LogP contribution in [0.5, 0.6) is 0 Å². The average Bonchev–Trinajstić information content (AvgIpc) is 2.16. The minimum absolute atomic E-state index is 1.05. The van der Waals surface area contributed by atoms with Crippen molar-refractivity contribution in [3.05, 3.63) is 42.0 Å². The van der Waals surface area contributed by atoms with Gasteiger partial charge in [-0.3, -0.25) is 0 Å². The highest BCUT2D eigenvalue weighted by atomic mass is 32.2. The van der Waals surface area contributed by atoms with E-state index in [2.05, 4.69) is 44.0 Å². The first-order chi connectivity index (χ1) is 5.83. The van der Waals surface area contributed by atoms with Crippen LogP contribution in [0.25, 0.3) is 0 Å². The fourth-order valence-corrected chi connectivity index (χ4v) is 2.00. The summed E-state index contributed by atoms with van der Waals surface area (Å²) in [5, 5.41) is 0. The molecule has 0 fully saturated rings. The molecule has 0 saturated heterocycles. The second kappa shape index (κ2) is 4.36. The third-order valence-corrected chi connectivity index (χ3v) is 2.72. The van der Waals surface area contributed by atoms with Gasteiger partial charge in [0.05, 0.1) is 0 Å². The van der Waals surface area contributed by atoms with Gasteiger partial charge in [0.25, 0.3) is 0 Å². The van der Waals surface area contributed by atoms with E-state index in [4.69, 9.17) is 0 Å². The molecule has 0 spiro atoms. The minimum Gasteiger partial charge on any atom is -0.129 e. The Balaban J connectivity index is 3.21. The highest BCUT2D eigenvalue weighted by Crippen LogP contribution is 2.23. The van der Waals surface area contributed by atoms with Crippen molar-refractivity contribution in [3.8, 4) is 0 Å². The van der Waals surface area contributed by atoms with E-state index >= 15 is 0 Å². The van der Waals surface area contributed by atoms with Crippen molar-refractivity contribution in [1.29, 1.82) is 0 Å². The van der Waals surface area contributed by atoms with Gasteiger partial charge in [-0.25, -0.2) is 0 Å². The molecule has 63 valence electrons. The summed E-state index contributed by atoms with van der Waals surface area (Å²) in [6.07, 6.45) is 6.11. The van der Waals surface area contributed by atoms with E-state index in [-0.39, 0.29) is 0 Å². The number of thioether (sulfide) groups is 1. The Morgan fingerprint density at radius 2 is 2.25 bits per heavy atom. The molecule has 0 aliphatic heterocycles. The lowest BCUT2D eigenvalue weighted by Crippen LogP contribution is -1.89. The molecule has 12 heavy (non-hydrogen) atoms. The standard InChI is InChI=1S/C11H13S/c1-4-9-7-6-8-11(12-3)10(9)5-2/h6-8H,1,5H2,2-3H3. The Bertz CT molecular complexity index is 276. The van der Waals surface area contributed by atoms with Crippen molar-refractivity contribution in [1.82, 2.24) is 0 Å². The van der Waals surface area contributed by atoms with Crippen molar-refractivity contribution in [2.75, 3.05) is 6.26 Å². The van der Waals surface area contributed by atoms with E-state index in [1.54, 1.807) is 11.8 Å². The first-order valence-electron chi connectivity index (χ1n) is 4.02. The maximum absolute atomic E-state index is 3.68. The molecule has 0 aliphatic carbocycles. The van der Waals surface area contributed by atoms with Gasteiger partial charge in [-0.2, -0.15) is 0 Å². The number of hydrogen-bond donors (Lipinski definition) is 0. The highest BCUT2D eigenvalue weighted by molar-refractivity contribution is 7.98. The monoisotopic (exact) mass is 177 g/mol. The maximum Gasteiger partial charge on any atom is 0.0107 e.